The van der Waals surface area contributed by atoms with Gasteiger partial charge in [0.25, 0.3) is 0 Å². The highest BCUT2D eigenvalue weighted by atomic mass is 32.2. The first-order chi connectivity index (χ1) is 9.29. The van der Waals surface area contributed by atoms with E-state index < -0.39 is 10.0 Å². The molecule has 106 valence electrons. The molecule has 0 amide bonds. The van der Waals surface area contributed by atoms with Crippen molar-refractivity contribution in [1.82, 2.24) is 0 Å². The zero-order valence-corrected chi connectivity index (χ0v) is 13.0. The Kier molecular flexibility index (Phi) is 3.86. The number of anilines is 1. The predicted molar refractivity (Wildman–Crippen MR) is 84.6 cm³/mol. The fourth-order valence-electron chi connectivity index (χ4n) is 2.09. The molecule has 0 atom stereocenters. The van der Waals surface area contributed by atoms with Gasteiger partial charge in [0, 0.05) is 7.05 Å². The largest absolute Gasteiger partial charge is 0.274 e. The monoisotopic (exact) mass is 289 g/mol. The summed E-state index contributed by atoms with van der Waals surface area (Å²) in [6, 6.07) is 14.0. The van der Waals surface area contributed by atoms with E-state index in [1.54, 1.807) is 7.05 Å². The third kappa shape index (κ3) is 3.02. The van der Waals surface area contributed by atoms with Gasteiger partial charge in [-0.15, -0.1) is 0 Å². The maximum absolute atomic E-state index is 11.6. The van der Waals surface area contributed by atoms with Crippen LogP contribution in [-0.2, 0) is 10.0 Å². The zero-order chi connectivity index (χ0) is 14.9. The van der Waals surface area contributed by atoms with Crippen LogP contribution in [0, 0.1) is 13.8 Å². The minimum absolute atomic E-state index is 0.681. The average Bonchev–Trinajstić information content (AvgIpc) is 2.38. The molecule has 0 saturated carbocycles. The van der Waals surface area contributed by atoms with E-state index in [0.29, 0.717) is 5.69 Å². The lowest BCUT2D eigenvalue weighted by atomic mass is 9.99. The fourth-order valence-corrected chi connectivity index (χ4v) is 2.59. The number of benzene rings is 2. The van der Waals surface area contributed by atoms with Gasteiger partial charge < -0.3 is 0 Å². The van der Waals surface area contributed by atoms with Crippen molar-refractivity contribution < 1.29 is 8.42 Å². The van der Waals surface area contributed by atoms with E-state index in [2.05, 4.69) is 31.2 Å². The van der Waals surface area contributed by atoms with Crippen molar-refractivity contribution in [3.8, 4) is 11.1 Å². The van der Waals surface area contributed by atoms with Gasteiger partial charge in [0.05, 0.1) is 11.9 Å². The smallest absolute Gasteiger partial charge is 0.231 e. The molecule has 2 aromatic rings. The van der Waals surface area contributed by atoms with E-state index in [4.69, 9.17) is 0 Å². The van der Waals surface area contributed by atoms with E-state index in [0.717, 1.165) is 16.7 Å². The number of sulfonamides is 1. The van der Waals surface area contributed by atoms with E-state index in [1.807, 2.05) is 25.1 Å². The molecule has 0 saturated heterocycles. The Morgan fingerprint density at radius 3 is 2.05 bits per heavy atom. The quantitative estimate of drug-likeness (QED) is 0.869. The third-order valence-corrected chi connectivity index (χ3v) is 4.64. The van der Waals surface area contributed by atoms with E-state index >= 15 is 0 Å². The summed E-state index contributed by atoms with van der Waals surface area (Å²) in [7, 11) is -1.66. The molecule has 0 aliphatic heterocycles. The summed E-state index contributed by atoms with van der Waals surface area (Å²) in [5.41, 5.74) is 5.22. The highest BCUT2D eigenvalue weighted by Gasteiger charge is 2.13. The molecule has 20 heavy (non-hydrogen) atoms. The number of rotatable bonds is 3. The van der Waals surface area contributed by atoms with Gasteiger partial charge in [-0.25, -0.2) is 8.42 Å². The number of aryl methyl sites for hydroxylation is 2. The van der Waals surface area contributed by atoms with Crippen LogP contribution >= 0.6 is 0 Å². The topological polar surface area (TPSA) is 37.4 Å². The van der Waals surface area contributed by atoms with Gasteiger partial charge in [0.1, 0.15) is 0 Å². The third-order valence-electron chi connectivity index (χ3n) is 3.43. The summed E-state index contributed by atoms with van der Waals surface area (Å²) >= 11 is 0. The maximum atomic E-state index is 11.6. The van der Waals surface area contributed by atoms with Crippen LogP contribution in [0.1, 0.15) is 11.1 Å². The molecule has 0 aliphatic rings. The molecule has 0 aliphatic carbocycles. The summed E-state index contributed by atoms with van der Waals surface area (Å²) in [6.07, 6.45) is 1.20. The highest BCUT2D eigenvalue weighted by Crippen LogP contribution is 2.28. The summed E-state index contributed by atoms with van der Waals surface area (Å²) < 4.78 is 24.4. The lowest BCUT2D eigenvalue weighted by Crippen LogP contribution is -2.24. The van der Waals surface area contributed by atoms with Gasteiger partial charge in [-0.3, -0.25) is 4.31 Å². The van der Waals surface area contributed by atoms with Crippen molar-refractivity contribution >= 4 is 15.7 Å². The van der Waals surface area contributed by atoms with Crippen molar-refractivity contribution in [3.05, 3.63) is 53.6 Å². The van der Waals surface area contributed by atoms with Gasteiger partial charge >= 0.3 is 0 Å². The molecule has 2 rings (SSSR count). The van der Waals surface area contributed by atoms with Gasteiger partial charge in [-0.1, -0.05) is 35.9 Å². The molecule has 0 heterocycles. The van der Waals surface area contributed by atoms with Crippen LogP contribution in [0.4, 0.5) is 5.69 Å². The summed E-state index contributed by atoms with van der Waals surface area (Å²) in [4.78, 5) is 0. The Bertz CT molecular complexity index is 719. The summed E-state index contributed by atoms with van der Waals surface area (Å²) in [5, 5.41) is 0. The van der Waals surface area contributed by atoms with Crippen molar-refractivity contribution in [3.63, 3.8) is 0 Å². The molecule has 0 N–H and O–H groups in total. The SMILES string of the molecule is Cc1ccc(-c2ccc(N(C)S(C)(=O)=O)cc2C)cc1. The molecule has 0 spiro atoms. The van der Waals surface area contributed by atoms with Crippen LogP contribution in [-0.4, -0.2) is 21.7 Å². The minimum Gasteiger partial charge on any atom is -0.274 e. The molecular weight excluding hydrogens is 270 g/mol. The van der Waals surface area contributed by atoms with Crippen LogP contribution < -0.4 is 4.31 Å². The molecular formula is C16H19NO2S. The minimum atomic E-state index is -3.22. The molecule has 0 radical (unpaired) electrons. The number of hydrogen-bond donors (Lipinski definition) is 0. The second-order valence-corrected chi connectivity index (χ2v) is 7.11. The average molecular weight is 289 g/mol. The Balaban J connectivity index is 2.43. The van der Waals surface area contributed by atoms with Crippen molar-refractivity contribution in [1.29, 1.82) is 0 Å². The van der Waals surface area contributed by atoms with E-state index in [9.17, 15) is 8.42 Å². The highest BCUT2D eigenvalue weighted by molar-refractivity contribution is 7.92. The van der Waals surface area contributed by atoms with Gasteiger partial charge in [-0.2, -0.15) is 0 Å². The fraction of sp³-hybridized carbons (Fsp3) is 0.250. The van der Waals surface area contributed by atoms with Crippen molar-refractivity contribution in [2.45, 2.75) is 13.8 Å². The Labute approximate surface area is 120 Å². The molecule has 0 unspecified atom stereocenters. The van der Waals surface area contributed by atoms with Crippen molar-refractivity contribution in [2.24, 2.45) is 0 Å². The maximum Gasteiger partial charge on any atom is 0.231 e. The lowest BCUT2D eigenvalue weighted by molar-refractivity contribution is 0.600. The van der Waals surface area contributed by atoms with E-state index in [-0.39, 0.29) is 0 Å². The summed E-state index contributed by atoms with van der Waals surface area (Å²) in [6.45, 7) is 4.05. The second kappa shape index (κ2) is 5.29. The van der Waals surface area contributed by atoms with Crippen LogP contribution in [0.5, 0.6) is 0 Å². The van der Waals surface area contributed by atoms with Crippen LogP contribution in [0.3, 0.4) is 0 Å². The van der Waals surface area contributed by atoms with Crippen molar-refractivity contribution in [2.75, 3.05) is 17.6 Å². The number of nitrogens with zero attached hydrogens (tertiary/aromatic N) is 1. The molecule has 0 aromatic heterocycles. The van der Waals surface area contributed by atoms with Crippen LogP contribution in [0.25, 0.3) is 11.1 Å². The number of hydrogen-bond acceptors (Lipinski definition) is 2. The summed E-state index contributed by atoms with van der Waals surface area (Å²) in [5.74, 6) is 0. The van der Waals surface area contributed by atoms with Gasteiger partial charge in [0.2, 0.25) is 10.0 Å². The Morgan fingerprint density at radius 1 is 0.950 bits per heavy atom. The standard InChI is InChI=1S/C16H19NO2S/c1-12-5-7-14(8-6-12)16-10-9-15(11-13(16)2)17(3)20(4,18)19/h5-11H,1-4H3. The lowest BCUT2D eigenvalue weighted by Gasteiger charge is -2.18. The Morgan fingerprint density at radius 2 is 1.55 bits per heavy atom. The first kappa shape index (κ1) is 14.6. The van der Waals surface area contributed by atoms with Gasteiger partial charge in [-0.05, 0) is 42.7 Å². The Hall–Kier alpha value is -1.81. The normalized spacial score (nSPS) is 11.4. The molecule has 0 bridgehead atoms. The van der Waals surface area contributed by atoms with E-state index in [1.165, 1.54) is 16.1 Å². The first-order valence-corrected chi connectivity index (χ1v) is 8.25. The molecule has 4 heteroatoms. The predicted octanol–water partition coefficient (Wildman–Crippen LogP) is 3.37. The first-order valence-electron chi connectivity index (χ1n) is 6.40. The van der Waals surface area contributed by atoms with Crippen LogP contribution in [0.2, 0.25) is 0 Å². The zero-order valence-electron chi connectivity index (χ0n) is 12.2. The second-order valence-electron chi connectivity index (χ2n) is 5.10. The van der Waals surface area contributed by atoms with Gasteiger partial charge in [0.15, 0.2) is 0 Å². The molecule has 3 nitrogen and oxygen atoms in total. The molecule has 0 fully saturated rings. The molecule has 2 aromatic carbocycles. The van der Waals surface area contributed by atoms with Crippen LogP contribution in [0.15, 0.2) is 42.5 Å².